The number of carbonyl (C=O) groups excluding carboxylic acids is 1. The highest BCUT2D eigenvalue weighted by Gasteiger charge is 2.15. The highest BCUT2D eigenvalue weighted by atomic mass is 32.2. The van der Waals surface area contributed by atoms with Crippen LogP contribution >= 0.6 is 11.8 Å². The molecule has 0 aliphatic carbocycles. The number of aryl methyl sites for hydroxylation is 1. The maximum absolute atomic E-state index is 9.60. The Kier molecular flexibility index (Phi) is 8.56. The van der Waals surface area contributed by atoms with Crippen LogP contribution in [0.2, 0.25) is 0 Å². The summed E-state index contributed by atoms with van der Waals surface area (Å²) in [4.78, 5) is 14.4. The van der Waals surface area contributed by atoms with Gasteiger partial charge in [-0.1, -0.05) is 29.5 Å². The number of nitrogens with one attached hydrogen (secondary N) is 1. The number of carbonyl (C=O) groups is 1. The van der Waals surface area contributed by atoms with Crippen LogP contribution < -0.4 is 10.2 Å². The summed E-state index contributed by atoms with van der Waals surface area (Å²) in [6.45, 7) is 12.0. The number of nitrogens with zero attached hydrogens (tertiary/aromatic N) is 2. The van der Waals surface area contributed by atoms with Gasteiger partial charge in [0.15, 0.2) is 0 Å². The van der Waals surface area contributed by atoms with Gasteiger partial charge >= 0.3 is 0 Å². The van der Waals surface area contributed by atoms with Crippen molar-refractivity contribution in [2.24, 2.45) is 0 Å². The molecular weight excluding hydrogens is 382 g/mol. The molecule has 29 heavy (non-hydrogen) atoms. The van der Waals surface area contributed by atoms with Crippen molar-refractivity contribution in [3.63, 3.8) is 0 Å². The second kappa shape index (κ2) is 10.9. The Labute approximate surface area is 178 Å². The van der Waals surface area contributed by atoms with Crippen LogP contribution in [0.5, 0.6) is 0 Å². The quantitative estimate of drug-likeness (QED) is 0.753. The minimum atomic E-state index is -0.318. The molecule has 3 rings (SSSR count). The molecule has 0 aromatic heterocycles. The summed E-state index contributed by atoms with van der Waals surface area (Å²) in [5.41, 5.74) is 2.89. The lowest BCUT2D eigenvalue weighted by molar-refractivity contribution is -0.138. The van der Waals surface area contributed by atoms with Gasteiger partial charge in [0.05, 0.1) is 17.3 Å². The normalized spacial score (nSPS) is 13.7. The second-order valence-corrected chi connectivity index (χ2v) is 8.89. The van der Waals surface area contributed by atoms with E-state index in [1.54, 1.807) is 11.8 Å². The average molecular weight is 412 g/mol. The van der Waals surface area contributed by atoms with Crippen LogP contribution in [-0.4, -0.2) is 38.3 Å². The van der Waals surface area contributed by atoms with Crippen LogP contribution in [0.25, 0.3) is 0 Å². The van der Waals surface area contributed by atoms with Gasteiger partial charge in [0.2, 0.25) is 0 Å². The molecule has 154 valence electrons. The first-order valence-electron chi connectivity index (χ1n) is 9.68. The smallest absolute Gasteiger partial charge is 0.293 e. The lowest BCUT2D eigenvalue weighted by Gasteiger charge is -2.31. The Bertz CT molecular complexity index is 833. The number of nitriles is 1. The second-order valence-electron chi connectivity index (χ2n) is 7.77. The van der Waals surface area contributed by atoms with Crippen LogP contribution in [0, 0.1) is 18.3 Å². The summed E-state index contributed by atoms with van der Waals surface area (Å²) in [6, 6.07) is 16.8. The third-order valence-electron chi connectivity index (χ3n) is 4.20. The zero-order valence-electron chi connectivity index (χ0n) is 17.6. The van der Waals surface area contributed by atoms with Gasteiger partial charge in [0.25, 0.3) is 6.47 Å². The zero-order chi connectivity index (χ0) is 21.3. The average Bonchev–Trinajstić information content (AvgIpc) is 2.70. The number of benzene rings is 2. The lowest BCUT2D eigenvalue weighted by Crippen LogP contribution is -2.43. The van der Waals surface area contributed by atoms with Gasteiger partial charge in [0.1, 0.15) is 5.60 Å². The molecule has 2 aromatic rings. The molecule has 0 unspecified atom stereocenters. The number of anilines is 1. The number of hydrogen-bond acceptors (Lipinski definition) is 6. The Morgan fingerprint density at radius 3 is 2.31 bits per heavy atom. The molecule has 1 heterocycles. The first-order chi connectivity index (χ1) is 13.8. The van der Waals surface area contributed by atoms with Crippen molar-refractivity contribution in [1.82, 2.24) is 5.32 Å². The van der Waals surface area contributed by atoms with E-state index in [0.717, 1.165) is 31.1 Å². The van der Waals surface area contributed by atoms with Crippen LogP contribution in [0.3, 0.4) is 0 Å². The van der Waals surface area contributed by atoms with Crippen molar-refractivity contribution < 1.29 is 9.53 Å². The minimum absolute atomic E-state index is 0.318. The Morgan fingerprint density at radius 1 is 1.14 bits per heavy atom. The summed E-state index contributed by atoms with van der Waals surface area (Å²) in [5, 5.41) is 12.6. The largest absolute Gasteiger partial charge is 0.462 e. The van der Waals surface area contributed by atoms with Gasteiger partial charge in [0, 0.05) is 36.0 Å². The number of hydrogen-bond donors (Lipinski definition) is 1. The maximum atomic E-state index is 9.60. The van der Waals surface area contributed by atoms with E-state index in [1.807, 2.05) is 32.9 Å². The summed E-state index contributed by atoms with van der Waals surface area (Å²) in [6.07, 6.45) is 0. The summed E-state index contributed by atoms with van der Waals surface area (Å²) >= 11 is 1.73. The predicted molar refractivity (Wildman–Crippen MR) is 118 cm³/mol. The van der Waals surface area contributed by atoms with Gasteiger partial charge in [-0.15, -0.1) is 0 Å². The third kappa shape index (κ3) is 7.80. The van der Waals surface area contributed by atoms with Crippen LogP contribution in [0.1, 0.15) is 31.9 Å². The molecule has 1 fully saturated rings. The van der Waals surface area contributed by atoms with Gasteiger partial charge in [-0.05, 0) is 58.0 Å². The van der Waals surface area contributed by atoms with E-state index in [4.69, 9.17) is 0 Å². The first kappa shape index (κ1) is 22.8. The highest BCUT2D eigenvalue weighted by Crippen LogP contribution is 2.36. The molecule has 1 N–H and O–H groups in total. The van der Waals surface area contributed by atoms with Crippen molar-refractivity contribution >= 4 is 23.9 Å². The summed E-state index contributed by atoms with van der Waals surface area (Å²) in [7, 11) is 0. The van der Waals surface area contributed by atoms with Crippen molar-refractivity contribution in [3.05, 3.63) is 53.6 Å². The van der Waals surface area contributed by atoms with Gasteiger partial charge in [-0.2, -0.15) is 5.26 Å². The molecule has 1 saturated heterocycles. The molecule has 1 aliphatic rings. The van der Waals surface area contributed by atoms with E-state index in [2.05, 4.69) is 58.3 Å². The Balaban J connectivity index is 0.000000370. The van der Waals surface area contributed by atoms with E-state index in [-0.39, 0.29) is 5.60 Å². The standard InChI is InChI=1S/C18H19N3S.C5H10O2/c1-14-2-5-16(6-3-14)22-18-12-15(13-19)4-7-17(18)21-10-8-20-9-11-21;1-5(2,3)7-4-6/h2-7,12,20H,8-11H2,1H3;4H,1-3H3. The van der Waals surface area contributed by atoms with E-state index in [9.17, 15) is 10.1 Å². The zero-order valence-corrected chi connectivity index (χ0v) is 18.4. The number of piperazine rings is 1. The van der Waals surface area contributed by atoms with Gasteiger partial charge in [-0.25, -0.2) is 0 Å². The third-order valence-corrected chi connectivity index (χ3v) is 5.25. The topological polar surface area (TPSA) is 65.4 Å². The van der Waals surface area contributed by atoms with Crippen LogP contribution in [-0.2, 0) is 9.53 Å². The molecule has 1 aliphatic heterocycles. The highest BCUT2D eigenvalue weighted by molar-refractivity contribution is 7.99. The summed E-state index contributed by atoms with van der Waals surface area (Å²) < 4.78 is 4.55. The Morgan fingerprint density at radius 2 is 1.79 bits per heavy atom. The maximum Gasteiger partial charge on any atom is 0.293 e. The monoisotopic (exact) mass is 411 g/mol. The van der Waals surface area contributed by atoms with E-state index < -0.39 is 0 Å². The van der Waals surface area contributed by atoms with E-state index in [0.29, 0.717) is 12.0 Å². The van der Waals surface area contributed by atoms with Gasteiger partial charge in [-0.3, -0.25) is 4.79 Å². The number of ether oxygens (including phenoxy) is 1. The van der Waals surface area contributed by atoms with Crippen molar-refractivity contribution in [3.8, 4) is 6.07 Å². The van der Waals surface area contributed by atoms with Crippen LogP contribution in [0.4, 0.5) is 5.69 Å². The number of rotatable bonds is 4. The molecule has 2 aromatic carbocycles. The lowest BCUT2D eigenvalue weighted by atomic mass is 10.2. The minimum Gasteiger partial charge on any atom is -0.462 e. The molecule has 6 heteroatoms. The fourth-order valence-corrected chi connectivity index (χ4v) is 3.72. The summed E-state index contributed by atoms with van der Waals surface area (Å²) in [5.74, 6) is 0. The van der Waals surface area contributed by atoms with E-state index in [1.165, 1.54) is 16.1 Å². The van der Waals surface area contributed by atoms with Gasteiger partial charge < -0.3 is 15.0 Å². The fraction of sp³-hybridized carbons (Fsp3) is 0.391. The van der Waals surface area contributed by atoms with E-state index >= 15 is 0 Å². The molecule has 5 nitrogen and oxygen atoms in total. The molecule has 0 saturated carbocycles. The predicted octanol–water partition coefficient (Wildman–Crippen LogP) is 4.39. The molecule has 0 atom stereocenters. The molecule has 0 amide bonds. The fourth-order valence-electron chi connectivity index (χ4n) is 2.71. The Hall–Kier alpha value is -2.49. The molecular formula is C23H29N3O2S. The SMILES string of the molecule is CC(C)(C)OC=O.Cc1ccc(Sc2cc(C#N)ccc2N2CCNCC2)cc1. The van der Waals surface area contributed by atoms with Crippen molar-refractivity contribution in [2.75, 3.05) is 31.1 Å². The van der Waals surface area contributed by atoms with Crippen molar-refractivity contribution in [2.45, 2.75) is 43.1 Å². The molecule has 0 bridgehead atoms. The van der Waals surface area contributed by atoms with Crippen LogP contribution in [0.15, 0.2) is 52.3 Å². The van der Waals surface area contributed by atoms with Crippen molar-refractivity contribution in [1.29, 1.82) is 5.26 Å². The first-order valence-corrected chi connectivity index (χ1v) is 10.5. The molecule has 0 radical (unpaired) electrons. The molecule has 0 spiro atoms.